The fourth-order valence-corrected chi connectivity index (χ4v) is 2.46. The molecule has 7 nitrogen and oxygen atoms in total. The molecule has 1 amide bonds. The molecule has 0 fully saturated rings. The lowest BCUT2D eigenvalue weighted by atomic mass is 10.2. The number of tetrazole rings is 1. The normalized spacial score (nSPS) is 11.7. The van der Waals surface area contributed by atoms with Crippen LogP contribution in [0.4, 0.5) is 0 Å². The lowest BCUT2D eigenvalue weighted by Gasteiger charge is -1.98. The van der Waals surface area contributed by atoms with Crippen molar-refractivity contribution in [2.75, 3.05) is 0 Å². The third-order valence-electron chi connectivity index (χ3n) is 3.25. The van der Waals surface area contributed by atoms with Gasteiger partial charge >= 0.3 is 0 Å². The molecule has 0 radical (unpaired) electrons. The molecule has 0 aliphatic rings. The first-order valence-electron chi connectivity index (χ1n) is 7.78. The first-order chi connectivity index (χ1) is 12.7. The molecule has 0 atom stereocenters. The number of benzene rings is 2. The minimum atomic E-state index is -0.349. The minimum Gasteiger partial charge on any atom is -0.271 e. The Balaban J connectivity index is 1.53. The Bertz CT molecular complexity index is 921. The maximum absolute atomic E-state index is 11.9. The molecule has 0 bridgehead atoms. The standard InChI is InChI=1S/C18H15BrN6O/c19-16(11-14-7-3-1-4-8-14)12-20-21-17(26)13-25-23-18(22-24-25)15-9-5-2-6-10-15/h1-12H,13H2,(H,21,26)/b16-11-,20-12-. The predicted octanol–water partition coefficient (Wildman–Crippen LogP) is 2.88. The van der Waals surface area contributed by atoms with E-state index in [9.17, 15) is 4.79 Å². The average Bonchev–Trinajstić information content (AvgIpc) is 3.11. The van der Waals surface area contributed by atoms with Crippen molar-refractivity contribution < 1.29 is 4.79 Å². The molecule has 2 aromatic carbocycles. The molecule has 0 aliphatic heterocycles. The number of allylic oxidation sites excluding steroid dienone is 1. The molecule has 130 valence electrons. The molecular weight excluding hydrogens is 396 g/mol. The summed E-state index contributed by atoms with van der Waals surface area (Å²) in [5, 5.41) is 15.9. The largest absolute Gasteiger partial charge is 0.271 e. The first-order valence-corrected chi connectivity index (χ1v) is 8.57. The number of hydrogen-bond acceptors (Lipinski definition) is 5. The molecule has 3 aromatic rings. The zero-order valence-electron chi connectivity index (χ0n) is 13.7. The predicted molar refractivity (Wildman–Crippen MR) is 103 cm³/mol. The van der Waals surface area contributed by atoms with E-state index in [1.807, 2.05) is 66.7 Å². The highest BCUT2D eigenvalue weighted by Crippen LogP contribution is 2.11. The van der Waals surface area contributed by atoms with Gasteiger partial charge in [0, 0.05) is 10.0 Å². The summed E-state index contributed by atoms with van der Waals surface area (Å²) in [5.41, 5.74) is 4.29. The van der Waals surface area contributed by atoms with Crippen LogP contribution in [0.5, 0.6) is 0 Å². The number of hydrogen-bond donors (Lipinski definition) is 1. The van der Waals surface area contributed by atoms with E-state index in [0.717, 1.165) is 15.6 Å². The van der Waals surface area contributed by atoms with Crippen LogP contribution in [-0.2, 0) is 11.3 Å². The number of nitrogens with one attached hydrogen (secondary N) is 1. The van der Waals surface area contributed by atoms with E-state index in [2.05, 4.69) is 41.9 Å². The molecule has 1 N–H and O–H groups in total. The smallest absolute Gasteiger partial charge is 0.263 e. The summed E-state index contributed by atoms with van der Waals surface area (Å²) in [6.07, 6.45) is 3.40. The SMILES string of the molecule is O=C(Cn1nnc(-c2ccccc2)n1)N/N=C\C(Br)=C\c1ccccc1. The Hall–Kier alpha value is -3.13. The number of amides is 1. The van der Waals surface area contributed by atoms with E-state index < -0.39 is 0 Å². The maximum atomic E-state index is 11.9. The Kier molecular flexibility index (Phi) is 6.00. The van der Waals surface area contributed by atoms with Gasteiger partial charge in [-0.3, -0.25) is 4.79 Å². The quantitative estimate of drug-likeness (QED) is 0.499. The van der Waals surface area contributed by atoms with Gasteiger partial charge in [-0.05, 0) is 32.8 Å². The van der Waals surface area contributed by atoms with Gasteiger partial charge in [0.1, 0.15) is 6.54 Å². The first kappa shape index (κ1) is 17.7. The van der Waals surface area contributed by atoms with Crippen LogP contribution in [0.1, 0.15) is 5.56 Å². The summed E-state index contributed by atoms with van der Waals surface area (Å²) < 4.78 is 0.731. The topological polar surface area (TPSA) is 85.1 Å². The van der Waals surface area contributed by atoms with Gasteiger partial charge in [0.15, 0.2) is 0 Å². The van der Waals surface area contributed by atoms with Crippen LogP contribution in [0, 0.1) is 0 Å². The average molecular weight is 411 g/mol. The molecule has 1 aromatic heterocycles. The molecular formula is C18H15BrN6O. The van der Waals surface area contributed by atoms with Crippen LogP contribution in [0.15, 0.2) is 70.2 Å². The highest BCUT2D eigenvalue weighted by atomic mass is 79.9. The fraction of sp³-hybridized carbons (Fsp3) is 0.0556. The molecule has 0 spiro atoms. The summed E-state index contributed by atoms with van der Waals surface area (Å²) in [5.74, 6) is 0.119. The highest BCUT2D eigenvalue weighted by molar-refractivity contribution is 9.12. The van der Waals surface area contributed by atoms with E-state index in [-0.39, 0.29) is 12.5 Å². The van der Waals surface area contributed by atoms with Gasteiger partial charge in [-0.25, -0.2) is 5.43 Å². The van der Waals surface area contributed by atoms with Crippen molar-refractivity contribution in [1.82, 2.24) is 25.6 Å². The van der Waals surface area contributed by atoms with E-state index in [0.29, 0.717) is 5.82 Å². The van der Waals surface area contributed by atoms with Gasteiger partial charge < -0.3 is 0 Å². The van der Waals surface area contributed by atoms with E-state index in [4.69, 9.17) is 0 Å². The highest BCUT2D eigenvalue weighted by Gasteiger charge is 2.08. The number of nitrogens with zero attached hydrogens (tertiary/aromatic N) is 5. The Morgan fingerprint density at radius 1 is 1.12 bits per heavy atom. The zero-order valence-corrected chi connectivity index (χ0v) is 15.2. The summed E-state index contributed by atoms with van der Waals surface area (Å²) in [4.78, 5) is 13.1. The van der Waals surface area contributed by atoms with Crippen molar-refractivity contribution in [3.05, 3.63) is 70.7 Å². The van der Waals surface area contributed by atoms with Crippen LogP contribution < -0.4 is 5.43 Å². The van der Waals surface area contributed by atoms with Gasteiger partial charge in [-0.1, -0.05) is 60.7 Å². The molecule has 0 saturated carbocycles. The number of aromatic nitrogens is 4. The Morgan fingerprint density at radius 3 is 2.54 bits per heavy atom. The summed E-state index contributed by atoms with van der Waals surface area (Å²) in [6.45, 7) is -0.0722. The van der Waals surface area contributed by atoms with Gasteiger partial charge in [-0.15, -0.1) is 10.2 Å². The van der Waals surface area contributed by atoms with Crippen molar-refractivity contribution in [3.63, 3.8) is 0 Å². The minimum absolute atomic E-state index is 0.0722. The number of carbonyl (C=O) groups is 1. The van der Waals surface area contributed by atoms with Crippen LogP contribution in [-0.4, -0.2) is 32.3 Å². The monoisotopic (exact) mass is 410 g/mol. The Labute approximate surface area is 158 Å². The number of carbonyl (C=O) groups excluding carboxylic acids is 1. The third-order valence-corrected chi connectivity index (χ3v) is 3.68. The number of rotatable bonds is 6. The van der Waals surface area contributed by atoms with Gasteiger partial charge in [0.05, 0.1) is 6.21 Å². The van der Waals surface area contributed by atoms with Gasteiger partial charge in [0.2, 0.25) is 5.82 Å². The van der Waals surface area contributed by atoms with Crippen LogP contribution in [0.25, 0.3) is 17.5 Å². The van der Waals surface area contributed by atoms with Crippen molar-refractivity contribution in [3.8, 4) is 11.4 Å². The second-order valence-corrected chi connectivity index (χ2v) is 6.16. The van der Waals surface area contributed by atoms with Crippen molar-refractivity contribution in [2.45, 2.75) is 6.54 Å². The summed E-state index contributed by atoms with van der Waals surface area (Å²) in [7, 11) is 0. The molecule has 0 saturated heterocycles. The summed E-state index contributed by atoms with van der Waals surface area (Å²) >= 11 is 3.38. The van der Waals surface area contributed by atoms with E-state index in [1.165, 1.54) is 11.0 Å². The van der Waals surface area contributed by atoms with Gasteiger partial charge in [0.25, 0.3) is 5.91 Å². The summed E-state index contributed by atoms with van der Waals surface area (Å²) in [6, 6.07) is 19.2. The number of halogens is 1. The van der Waals surface area contributed by atoms with E-state index >= 15 is 0 Å². The molecule has 0 aliphatic carbocycles. The lowest BCUT2D eigenvalue weighted by molar-refractivity contribution is -0.122. The molecule has 8 heteroatoms. The van der Waals surface area contributed by atoms with Crippen molar-refractivity contribution >= 4 is 34.1 Å². The van der Waals surface area contributed by atoms with Crippen molar-refractivity contribution in [2.24, 2.45) is 5.10 Å². The lowest BCUT2D eigenvalue weighted by Crippen LogP contribution is -2.24. The van der Waals surface area contributed by atoms with Crippen LogP contribution in [0.3, 0.4) is 0 Å². The fourth-order valence-electron chi connectivity index (χ4n) is 2.09. The van der Waals surface area contributed by atoms with Gasteiger partial charge in [-0.2, -0.15) is 9.90 Å². The van der Waals surface area contributed by atoms with Crippen molar-refractivity contribution in [1.29, 1.82) is 0 Å². The van der Waals surface area contributed by atoms with E-state index in [1.54, 1.807) is 0 Å². The Morgan fingerprint density at radius 2 is 1.81 bits per heavy atom. The maximum Gasteiger partial charge on any atom is 0.263 e. The second kappa shape index (κ2) is 8.82. The van der Waals surface area contributed by atoms with Crippen LogP contribution in [0.2, 0.25) is 0 Å². The molecule has 26 heavy (non-hydrogen) atoms. The molecule has 1 heterocycles. The van der Waals surface area contributed by atoms with Crippen LogP contribution >= 0.6 is 15.9 Å². The third kappa shape index (κ3) is 5.18. The number of hydrazone groups is 1. The molecule has 0 unspecified atom stereocenters. The zero-order chi connectivity index (χ0) is 18.2. The second-order valence-electron chi connectivity index (χ2n) is 5.24. The molecule has 3 rings (SSSR count).